The molecule has 0 spiro atoms. The Morgan fingerprint density at radius 2 is 2.22 bits per heavy atom. The summed E-state index contributed by atoms with van der Waals surface area (Å²) in [5, 5.41) is 9.91. The maximum absolute atomic E-state index is 11.7. The SMILES string of the molecule is Cc1cc(CNCC(=O)NC2CCCCC2)on1. The van der Waals surface area contributed by atoms with E-state index in [0.29, 0.717) is 19.1 Å². The molecule has 1 fully saturated rings. The number of amides is 1. The van der Waals surface area contributed by atoms with Crippen LogP contribution >= 0.6 is 0 Å². The van der Waals surface area contributed by atoms with Crippen molar-refractivity contribution in [1.29, 1.82) is 0 Å². The number of rotatable bonds is 5. The van der Waals surface area contributed by atoms with Gasteiger partial charge < -0.3 is 15.2 Å². The first-order chi connectivity index (χ1) is 8.74. The van der Waals surface area contributed by atoms with Gasteiger partial charge in [-0.3, -0.25) is 4.79 Å². The third kappa shape index (κ3) is 4.14. The monoisotopic (exact) mass is 251 g/mol. The highest BCUT2D eigenvalue weighted by Crippen LogP contribution is 2.17. The van der Waals surface area contributed by atoms with E-state index >= 15 is 0 Å². The molecule has 1 saturated carbocycles. The highest BCUT2D eigenvalue weighted by atomic mass is 16.5. The van der Waals surface area contributed by atoms with E-state index in [1.54, 1.807) is 0 Å². The van der Waals surface area contributed by atoms with Gasteiger partial charge in [0.2, 0.25) is 5.91 Å². The van der Waals surface area contributed by atoms with Crippen LogP contribution in [0.1, 0.15) is 43.6 Å². The largest absolute Gasteiger partial charge is 0.360 e. The zero-order valence-electron chi connectivity index (χ0n) is 10.9. The van der Waals surface area contributed by atoms with Gasteiger partial charge in [-0.1, -0.05) is 24.4 Å². The quantitative estimate of drug-likeness (QED) is 0.832. The lowest BCUT2D eigenvalue weighted by atomic mass is 9.95. The Labute approximate surface area is 107 Å². The number of hydrogen-bond donors (Lipinski definition) is 2. The van der Waals surface area contributed by atoms with Crippen LogP contribution in [0, 0.1) is 6.92 Å². The molecule has 1 heterocycles. The van der Waals surface area contributed by atoms with Gasteiger partial charge in [-0.15, -0.1) is 0 Å². The molecular weight excluding hydrogens is 230 g/mol. The van der Waals surface area contributed by atoms with Crippen LogP contribution in [-0.2, 0) is 11.3 Å². The van der Waals surface area contributed by atoms with Crippen LogP contribution in [0.15, 0.2) is 10.6 Å². The predicted octanol–water partition coefficient (Wildman–Crippen LogP) is 1.52. The van der Waals surface area contributed by atoms with Crippen LogP contribution in [0.2, 0.25) is 0 Å². The molecule has 2 N–H and O–H groups in total. The fraction of sp³-hybridized carbons (Fsp3) is 0.692. The van der Waals surface area contributed by atoms with Gasteiger partial charge in [0, 0.05) is 12.1 Å². The summed E-state index contributed by atoms with van der Waals surface area (Å²) < 4.78 is 5.05. The van der Waals surface area contributed by atoms with Crippen molar-refractivity contribution in [2.24, 2.45) is 0 Å². The summed E-state index contributed by atoms with van der Waals surface area (Å²) in [5.74, 6) is 0.830. The van der Waals surface area contributed by atoms with Crippen LogP contribution in [0.3, 0.4) is 0 Å². The van der Waals surface area contributed by atoms with E-state index in [2.05, 4.69) is 15.8 Å². The van der Waals surface area contributed by atoms with Crippen molar-refractivity contribution < 1.29 is 9.32 Å². The standard InChI is InChI=1S/C13H21N3O2/c1-10-7-12(18-16-10)8-14-9-13(17)15-11-5-3-2-4-6-11/h7,11,14H,2-6,8-9H2,1H3,(H,15,17). The van der Waals surface area contributed by atoms with Gasteiger partial charge in [-0.05, 0) is 19.8 Å². The summed E-state index contributed by atoms with van der Waals surface area (Å²) in [5.41, 5.74) is 0.860. The summed E-state index contributed by atoms with van der Waals surface area (Å²) in [6.45, 7) is 2.75. The number of carbonyl (C=O) groups is 1. The molecule has 0 atom stereocenters. The van der Waals surface area contributed by atoms with E-state index in [1.807, 2.05) is 13.0 Å². The summed E-state index contributed by atoms with van der Waals surface area (Å²) in [4.78, 5) is 11.7. The zero-order valence-corrected chi connectivity index (χ0v) is 10.9. The number of carbonyl (C=O) groups excluding carboxylic acids is 1. The van der Waals surface area contributed by atoms with Gasteiger partial charge in [0.15, 0.2) is 5.76 Å². The maximum atomic E-state index is 11.7. The Bertz CT molecular complexity index is 383. The Balaban J connectivity index is 1.62. The van der Waals surface area contributed by atoms with Gasteiger partial charge in [0.25, 0.3) is 0 Å². The highest BCUT2D eigenvalue weighted by molar-refractivity contribution is 5.78. The molecule has 0 radical (unpaired) electrons. The van der Waals surface area contributed by atoms with Gasteiger partial charge in [-0.25, -0.2) is 0 Å². The highest BCUT2D eigenvalue weighted by Gasteiger charge is 2.15. The number of aryl methyl sites for hydroxylation is 1. The van der Waals surface area contributed by atoms with Crippen LogP contribution in [0.5, 0.6) is 0 Å². The number of aromatic nitrogens is 1. The smallest absolute Gasteiger partial charge is 0.234 e. The molecule has 0 unspecified atom stereocenters. The third-order valence-corrected chi connectivity index (χ3v) is 3.23. The first-order valence-electron chi connectivity index (χ1n) is 6.66. The average Bonchev–Trinajstić information content (AvgIpc) is 2.76. The molecular formula is C13H21N3O2. The number of hydrogen-bond acceptors (Lipinski definition) is 4. The molecule has 1 aromatic rings. The Hall–Kier alpha value is -1.36. The molecule has 0 saturated heterocycles. The second-order valence-electron chi connectivity index (χ2n) is 4.94. The fourth-order valence-corrected chi connectivity index (χ4v) is 2.32. The number of nitrogens with zero attached hydrogens (tertiary/aromatic N) is 1. The van der Waals surface area contributed by atoms with E-state index in [-0.39, 0.29) is 5.91 Å². The van der Waals surface area contributed by atoms with E-state index in [0.717, 1.165) is 24.3 Å². The lowest BCUT2D eigenvalue weighted by molar-refractivity contribution is -0.121. The predicted molar refractivity (Wildman–Crippen MR) is 68.0 cm³/mol. The molecule has 100 valence electrons. The second-order valence-corrected chi connectivity index (χ2v) is 4.94. The maximum Gasteiger partial charge on any atom is 0.234 e. The molecule has 18 heavy (non-hydrogen) atoms. The molecule has 5 heteroatoms. The zero-order chi connectivity index (χ0) is 12.8. The molecule has 2 rings (SSSR count). The van der Waals surface area contributed by atoms with Crippen LogP contribution in [-0.4, -0.2) is 23.7 Å². The first kappa shape index (κ1) is 13.1. The topological polar surface area (TPSA) is 67.2 Å². The lowest BCUT2D eigenvalue weighted by Gasteiger charge is -2.22. The normalized spacial score (nSPS) is 16.7. The molecule has 1 aliphatic rings. The van der Waals surface area contributed by atoms with Crippen molar-refractivity contribution in [3.8, 4) is 0 Å². The molecule has 1 amide bonds. The van der Waals surface area contributed by atoms with Crippen molar-refractivity contribution in [3.05, 3.63) is 17.5 Å². The van der Waals surface area contributed by atoms with Gasteiger partial charge in [-0.2, -0.15) is 0 Å². The van der Waals surface area contributed by atoms with Crippen LogP contribution in [0.4, 0.5) is 0 Å². The molecule has 1 aliphatic carbocycles. The van der Waals surface area contributed by atoms with Crippen LogP contribution in [0.25, 0.3) is 0 Å². The Morgan fingerprint density at radius 3 is 2.89 bits per heavy atom. The van der Waals surface area contributed by atoms with Crippen molar-refractivity contribution >= 4 is 5.91 Å². The van der Waals surface area contributed by atoms with Gasteiger partial charge in [0.1, 0.15) is 0 Å². The van der Waals surface area contributed by atoms with Crippen molar-refractivity contribution in [1.82, 2.24) is 15.8 Å². The molecule has 0 aliphatic heterocycles. The second kappa shape index (κ2) is 6.54. The van der Waals surface area contributed by atoms with Crippen molar-refractivity contribution in [2.45, 2.75) is 51.6 Å². The summed E-state index contributed by atoms with van der Waals surface area (Å²) in [6.07, 6.45) is 6.00. The minimum absolute atomic E-state index is 0.0677. The van der Waals surface area contributed by atoms with Crippen molar-refractivity contribution in [2.75, 3.05) is 6.54 Å². The van der Waals surface area contributed by atoms with E-state index in [4.69, 9.17) is 4.52 Å². The lowest BCUT2D eigenvalue weighted by Crippen LogP contribution is -2.41. The molecule has 0 aromatic carbocycles. The third-order valence-electron chi connectivity index (χ3n) is 3.23. The first-order valence-corrected chi connectivity index (χ1v) is 6.66. The van der Waals surface area contributed by atoms with Gasteiger partial charge in [0.05, 0.1) is 18.8 Å². The average molecular weight is 251 g/mol. The Kier molecular flexibility index (Phi) is 4.75. The molecule has 5 nitrogen and oxygen atoms in total. The van der Waals surface area contributed by atoms with Crippen LogP contribution < -0.4 is 10.6 Å². The van der Waals surface area contributed by atoms with E-state index in [9.17, 15) is 4.79 Å². The van der Waals surface area contributed by atoms with E-state index < -0.39 is 0 Å². The minimum atomic E-state index is 0.0677. The fourth-order valence-electron chi connectivity index (χ4n) is 2.32. The minimum Gasteiger partial charge on any atom is -0.360 e. The number of nitrogens with one attached hydrogen (secondary N) is 2. The Morgan fingerprint density at radius 1 is 1.44 bits per heavy atom. The van der Waals surface area contributed by atoms with E-state index in [1.165, 1.54) is 19.3 Å². The summed E-state index contributed by atoms with van der Waals surface area (Å²) in [7, 11) is 0. The molecule has 0 bridgehead atoms. The summed E-state index contributed by atoms with van der Waals surface area (Å²) >= 11 is 0. The molecule has 1 aromatic heterocycles. The summed E-state index contributed by atoms with van der Waals surface area (Å²) in [6, 6.07) is 2.24. The van der Waals surface area contributed by atoms with Gasteiger partial charge >= 0.3 is 0 Å². The van der Waals surface area contributed by atoms with Crippen molar-refractivity contribution in [3.63, 3.8) is 0 Å².